The van der Waals surface area contributed by atoms with E-state index in [4.69, 9.17) is 10.1 Å². The summed E-state index contributed by atoms with van der Waals surface area (Å²) in [5.74, 6) is -0.330. The van der Waals surface area contributed by atoms with E-state index in [9.17, 15) is 18.0 Å². The van der Waals surface area contributed by atoms with Crippen LogP contribution in [0, 0.1) is 5.82 Å². The lowest BCUT2D eigenvalue weighted by molar-refractivity contribution is -0.306. The largest absolute Gasteiger partial charge is 0.365 e. The molecule has 122 valence electrons. The molecule has 11 heteroatoms. The molecule has 0 aromatic heterocycles. The number of hydroxylamine groups is 3. The van der Waals surface area contributed by atoms with Gasteiger partial charge in [0, 0.05) is 6.54 Å². The minimum Gasteiger partial charge on any atom is -0.365 e. The fraction of sp³-hybridized carbons (Fsp3) is 0.273. The number of nitrogens with two attached hydrogens (primary N) is 1. The van der Waals surface area contributed by atoms with E-state index in [2.05, 4.69) is 21.2 Å². The highest BCUT2D eigenvalue weighted by Gasteiger charge is 2.25. The van der Waals surface area contributed by atoms with E-state index >= 15 is 0 Å². The lowest BCUT2D eigenvalue weighted by Crippen LogP contribution is -2.37. The summed E-state index contributed by atoms with van der Waals surface area (Å²) in [6.45, 7) is 1.40. The molecule has 0 radical (unpaired) electrons. The van der Waals surface area contributed by atoms with Gasteiger partial charge in [0.2, 0.25) is 10.0 Å². The highest BCUT2D eigenvalue weighted by Crippen LogP contribution is 2.27. The summed E-state index contributed by atoms with van der Waals surface area (Å²) >= 11 is 3.04. The van der Waals surface area contributed by atoms with Gasteiger partial charge in [-0.3, -0.25) is 5.21 Å². The summed E-state index contributed by atoms with van der Waals surface area (Å²) in [6, 6.07) is 4.13. The van der Waals surface area contributed by atoms with Gasteiger partial charge >= 0.3 is 0 Å². The fourth-order valence-corrected chi connectivity index (χ4v) is 2.22. The standard InChI is InChI=1S/C11H14BrFN4O4S/c1-7(22(14,19)20)5-15-11-6-16(21-17(11)18)8-2-3-10(13)9(12)4-8/h2-4,6-7,15,18H,5H2,1H3,(H2,14,19,20). The van der Waals surface area contributed by atoms with E-state index in [-0.39, 0.29) is 16.8 Å². The zero-order valence-corrected chi connectivity index (χ0v) is 13.8. The summed E-state index contributed by atoms with van der Waals surface area (Å²) in [5, 5.41) is 18.1. The van der Waals surface area contributed by atoms with E-state index in [1.807, 2.05) is 0 Å². The molecule has 1 heterocycles. The zero-order valence-electron chi connectivity index (χ0n) is 11.4. The first kappa shape index (κ1) is 17.0. The first-order valence-electron chi connectivity index (χ1n) is 6.07. The molecule has 2 rings (SSSR count). The highest BCUT2D eigenvalue weighted by molar-refractivity contribution is 9.10. The Hall–Kier alpha value is -1.40. The van der Waals surface area contributed by atoms with Gasteiger partial charge in [-0.2, -0.15) is 5.06 Å². The fourth-order valence-electron chi connectivity index (χ4n) is 1.53. The number of primary sulfonamides is 1. The van der Waals surface area contributed by atoms with Crippen molar-refractivity contribution in [3.63, 3.8) is 0 Å². The molecular formula is C11H14BrFN4O4S. The Morgan fingerprint density at radius 1 is 1.55 bits per heavy atom. The maximum Gasteiger partial charge on any atom is 0.213 e. The molecule has 1 aliphatic heterocycles. The molecule has 4 N–H and O–H groups in total. The highest BCUT2D eigenvalue weighted by atomic mass is 79.9. The topological polar surface area (TPSA) is 108 Å². The number of nitrogens with zero attached hydrogens (tertiary/aromatic N) is 2. The van der Waals surface area contributed by atoms with E-state index in [0.717, 1.165) is 0 Å². The average Bonchev–Trinajstić information content (AvgIpc) is 2.79. The van der Waals surface area contributed by atoms with Crippen LogP contribution in [0.25, 0.3) is 0 Å². The number of halogens is 2. The van der Waals surface area contributed by atoms with Crippen LogP contribution in [0.3, 0.4) is 0 Å². The molecule has 0 fully saturated rings. The number of hydrogen-bond donors (Lipinski definition) is 3. The Balaban J connectivity index is 2.08. The Kier molecular flexibility index (Phi) is 4.92. The van der Waals surface area contributed by atoms with Crippen LogP contribution in [0.4, 0.5) is 10.1 Å². The third kappa shape index (κ3) is 3.87. The number of sulfonamides is 1. The van der Waals surface area contributed by atoms with E-state index < -0.39 is 21.1 Å². The molecule has 1 atom stereocenters. The molecule has 0 aliphatic carbocycles. The van der Waals surface area contributed by atoms with Crippen molar-refractivity contribution >= 4 is 31.6 Å². The van der Waals surface area contributed by atoms with Gasteiger partial charge in [0.25, 0.3) is 0 Å². The van der Waals surface area contributed by atoms with Gasteiger partial charge in [0.15, 0.2) is 5.82 Å². The van der Waals surface area contributed by atoms with Crippen LogP contribution in [-0.2, 0) is 15.0 Å². The molecule has 22 heavy (non-hydrogen) atoms. The Morgan fingerprint density at radius 3 is 2.82 bits per heavy atom. The van der Waals surface area contributed by atoms with Crippen LogP contribution in [-0.4, -0.2) is 30.6 Å². The van der Waals surface area contributed by atoms with Crippen molar-refractivity contribution in [1.82, 2.24) is 10.5 Å². The van der Waals surface area contributed by atoms with Crippen molar-refractivity contribution in [2.75, 3.05) is 11.6 Å². The predicted octanol–water partition coefficient (Wildman–Crippen LogP) is 1.01. The molecule has 1 aromatic rings. The monoisotopic (exact) mass is 396 g/mol. The second-order valence-corrected chi connectivity index (χ2v) is 7.41. The Morgan fingerprint density at radius 2 is 2.23 bits per heavy atom. The van der Waals surface area contributed by atoms with Crippen molar-refractivity contribution < 1.29 is 23.0 Å². The summed E-state index contributed by atoms with van der Waals surface area (Å²) < 4.78 is 35.7. The van der Waals surface area contributed by atoms with Crippen molar-refractivity contribution in [3.8, 4) is 0 Å². The second-order valence-electron chi connectivity index (χ2n) is 4.57. The van der Waals surface area contributed by atoms with Crippen LogP contribution in [0.1, 0.15) is 6.92 Å². The van der Waals surface area contributed by atoms with Crippen LogP contribution in [0.15, 0.2) is 34.7 Å². The lowest BCUT2D eigenvalue weighted by atomic mass is 10.3. The Bertz CT molecular complexity index is 699. The van der Waals surface area contributed by atoms with Gasteiger partial charge in [-0.1, -0.05) is 5.23 Å². The number of rotatable bonds is 5. The average molecular weight is 397 g/mol. The van der Waals surface area contributed by atoms with Crippen molar-refractivity contribution in [3.05, 3.63) is 40.5 Å². The molecule has 0 saturated carbocycles. The molecule has 0 bridgehead atoms. The molecule has 1 aromatic carbocycles. The summed E-state index contributed by atoms with van der Waals surface area (Å²) in [5.41, 5.74) is 0.448. The lowest BCUT2D eigenvalue weighted by Gasteiger charge is -2.17. The van der Waals surface area contributed by atoms with Crippen molar-refractivity contribution in [2.45, 2.75) is 12.2 Å². The van der Waals surface area contributed by atoms with Gasteiger partial charge in [-0.15, -0.1) is 4.94 Å². The quantitative estimate of drug-likeness (QED) is 0.681. The van der Waals surface area contributed by atoms with Crippen LogP contribution < -0.4 is 15.5 Å². The number of hydrogen-bond acceptors (Lipinski definition) is 7. The minimum atomic E-state index is -3.68. The molecule has 1 aliphatic rings. The Labute approximate surface area is 135 Å². The summed E-state index contributed by atoms with van der Waals surface area (Å²) in [4.78, 5) is 5.02. The molecule has 0 saturated heterocycles. The zero-order chi connectivity index (χ0) is 16.5. The third-order valence-electron chi connectivity index (χ3n) is 2.90. The van der Waals surface area contributed by atoms with Crippen LogP contribution in [0.2, 0.25) is 0 Å². The normalized spacial score (nSPS) is 16.7. The molecular weight excluding hydrogens is 383 g/mol. The maximum absolute atomic E-state index is 13.2. The first-order chi connectivity index (χ1) is 10.2. The van der Waals surface area contributed by atoms with E-state index in [0.29, 0.717) is 10.9 Å². The van der Waals surface area contributed by atoms with Crippen molar-refractivity contribution in [1.29, 1.82) is 0 Å². The summed E-state index contributed by atoms with van der Waals surface area (Å²) in [7, 11) is -3.68. The van der Waals surface area contributed by atoms with Gasteiger partial charge in [-0.05, 0) is 41.1 Å². The van der Waals surface area contributed by atoms with Crippen molar-refractivity contribution in [2.24, 2.45) is 5.14 Å². The maximum atomic E-state index is 13.2. The van der Waals surface area contributed by atoms with Crippen LogP contribution >= 0.6 is 15.9 Å². The molecule has 1 unspecified atom stereocenters. The van der Waals surface area contributed by atoms with Crippen LogP contribution in [0.5, 0.6) is 0 Å². The third-order valence-corrected chi connectivity index (χ3v) is 4.80. The van der Waals surface area contributed by atoms with E-state index in [1.54, 1.807) is 0 Å². The van der Waals surface area contributed by atoms with Gasteiger partial charge in [-0.25, -0.2) is 17.9 Å². The van der Waals surface area contributed by atoms with Gasteiger partial charge < -0.3 is 5.32 Å². The number of benzene rings is 1. The minimum absolute atomic E-state index is 0.0218. The molecule has 0 spiro atoms. The summed E-state index contributed by atoms with van der Waals surface area (Å²) in [6.07, 6.45) is 1.37. The number of nitrogens with one attached hydrogen (secondary N) is 1. The van der Waals surface area contributed by atoms with Gasteiger partial charge in [0.05, 0.1) is 21.6 Å². The smallest absolute Gasteiger partial charge is 0.213 e. The molecule has 0 amide bonds. The van der Waals surface area contributed by atoms with E-state index in [1.165, 1.54) is 36.4 Å². The SMILES string of the molecule is CC(CNC1=CN(c2ccc(F)c(Br)c2)ON1O)S(N)(=O)=O. The second kappa shape index (κ2) is 6.38. The number of anilines is 1. The predicted molar refractivity (Wildman–Crippen MR) is 79.9 cm³/mol. The van der Waals surface area contributed by atoms with Gasteiger partial charge in [0.1, 0.15) is 5.82 Å². The first-order valence-corrected chi connectivity index (χ1v) is 8.47. The molecule has 8 nitrogen and oxygen atoms in total.